The van der Waals surface area contributed by atoms with Crippen molar-refractivity contribution in [2.45, 2.75) is 52.4 Å². The Labute approximate surface area is 317 Å². The van der Waals surface area contributed by atoms with Crippen LogP contribution in [0.25, 0.3) is 0 Å². The Morgan fingerprint density at radius 1 is 0.691 bits per heavy atom. The highest BCUT2D eigenvalue weighted by Gasteiger charge is 2.16. The van der Waals surface area contributed by atoms with Crippen LogP contribution < -0.4 is 21.4 Å². The van der Waals surface area contributed by atoms with E-state index in [0.29, 0.717) is 58.1 Å². The van der Waals surface area contributed by atoms with Gasteiger partial charge in [-0.15, -0.1) is 0 Å². The summed E-state index contributed by atoms with van der Waals surface area (Å²) >= 11 is 0. The summed E-state index contributed by atoms with van der Waals surface area (Å²) in [5.41, 5.74) is -0.822. The molecule has 0 aliphatic heterocycles. The van der Waals surface area contributed by atoms with E-state index in [1.165, 1.54) is 71.1 Å². The molecule has 3 heterocycles. The van der Waals surface area contributed by atoms with Gasteiger partial charge >= 0.3 is 0 Å². The zero-order valence-corrected chi connectivity index (χ0v) is 31.5. The molecule has 16 nitrogen and oxygen atoms in total. The number of ether oxygens (including phenoxy) is 1. The van der Waals surface area contributed by atoms with Crippen LogP contribution in [-0.2, 0) is 24.4 Å². The van der Waals surface area contributed by atoms with E-state index < -0.39 is 22.8 Å². The molecule has 0 amide bonds. The molecule has 296 valence electrons. The van der Waals surface area contributed by atoms with Crippen LogP contribution >= 0.6 is 0 Å². The van der Waals surface area contributed by atoms with Gasteiger partial charge in [0.15, 0.2) is 28.8 Å². The third-order valence-electron chi connectivity index (χ3n) is 8.51. The van der Waals surface area contributed by atoms with Gasteiger partial charge in [-0.1, -0.05) is 0 Å². The molecule has 0 aliphatic rings. The molecule has 0 saturated heterocycles. The van der Waals surface area contributed by atoms with Crippen LogP contribution in [0.4, 0.5) is 0 Å². The SMILES string of the molecule is CN(CCN(CCn1cccc(O)c1=O)CCn1cccc(O)c1=O)CCn1cccc(O)c1=O.COc1cc(C(=O)CC(C)=O)cc(C(=O)CC(C)O)c1. The fraction of sp³-hybridized carbons (Fsp3) is 0.385. The summed E-state index contributed by atoms with van der Waals surface area (Å²) in [7, 11) is 3.35. The number of hydrogen-bond acceptors (Lipinski definition) is 13. The lowest BCUT2D eigenvalue weighted by Crippen LogP contribution is -2.40. The molecular weight excluding hydrogens is 714 g/mol. The summed E-state index contributed by atoms with van der Waals surface area (Å²) < 4.78 is 9.37. The smallest absolute Gasteiger partial charge is 0.292 e. The van der Waals surface area contributed by atoms with Gasteiger partial charge in [0.2, 0.25) is 0 Å². The Morgan fingerprint density at radius 3 is 1.55 bits per heavy atom. The van der Waals surface area contributed by atoms with Gasteiger partial charge in [-0.05, 0) is 75.5 Å². The summed E-state index contributed by atoms with van der Waals surface area (Å²) in [6, 6.07) is 13.3. The zero-order valence-electron chi connectivity index (χ0n) is 31.5. The van der Waals surface area contributed by atoms with E-state index in [9.17, 15) is 49.2 Å². The van der Waals surface area contributed by atoms with E-state index in [0.717, 1.165) is 0 Å². The quantitative estimate of drug-likeness (QED) is 0.0793. The molecule has 4 N–H and O–H groups in total. The number of aromatic nitrogens is 3. The van der Waals surface area contributed by atoms with Gasteiger partial charge in [0, 0.05) is 88.5 Å². The zero-order chi connectivity index (χ0) is 40.7. The van der Waals surface area contributed by atoms with Crippen molar-refractivity contribution in [1.29, 1.82) is 0 Å². The standard InChI is InChI=1S/C24H31N5O6.C15H18O5/c1-25(12-16-27-8-2-5-19(30)22(27)33)11-13-26(14-17-28-9-3-6-20(31)23(28)34)15-18-29-10-4-7-21(32)24(29)35;1-9(16)4-14(18)11-6-12(8-13(7-11)20-3)15(19)5-10(2)17/h2-10,30-32H,11-18H2,1H3;6-9,16H,4-5H2,1-3H3. The molecule has 55 heavy (non-hydrogen) atoms. The number of methoxy groups -OCH3 is 1. The molecule has 0 radical (unpaired) electrons. The highest BCUT2D eigenvalue weighted by atomic mass is 16.5. The number of carbonyl (C=O) groups is 3. The molecule has 0 spiro atoms. The third kappa shape index (κ3) is 13.8. The van der Waals surface area contributed by atoms with E-state index in [4.69, 9.17) is 4.74 Å². The highest BCUT2D eigenvalue weighted by Crippen LogP contribution is 2.20. The van der Waals surface area contributed by atoms with Crippen molar-refractivity contribution in [2.75, 3.05) is 46.9 Å². The molecule has 0 saturated carbocycles. The maximum Gasteiger partial charge on any atom is 0.292 e. The lowest BCUT2D eigenvalue weighted by atomic mass is 9.99. The van der Waals surface area contributed by atoms with Crippen LogP contribution in [-0.4, -0.2) is 114 Å². The molecule has 0 bridgehead atoms. The van der Waals surface area contributed by atoms with Crippen LogP contribution in [0.15, 0.2) is 87.6 Å². The molecule has 0 fully saturated rings. The summed E-state index contributed by atoms with van der Waals surface area (Å²) in [6.07, 6.45) is 3.84. The first kappa shape index (κ1) is 43.6. The lowest BCUT2D eigenvalue weighted by Gasteiger charge is -2.26. The summed E-state index contributed by atoms with van der Waals surface area (Å²) in [6.45, 7) is 6.81. The van der Waals surface area contributed by atoms with E-state index >= 15 is 0 Å². The van der Waals surface area contributed by atoms with Crippen molar-refractivity contribution in [3.05, 3.63) is 115 Å². The molecule has 4 rings (SSSR count). The lowest BCUT2D eigenvalue weighted by molar-refractivity contribution is -0.116. The van der Waals surface area contributed by atoms with Crippen LogP contribution in [0.3, 0.4) is 0 Å². The molecular formula is C39H49N5O11. The normalized spacial score (nSPS) is 11.5. The number of Topliss-reactive ketones (excluding diaryl/α,β-unsaturated/α-hetero) is 3. The molecule has 4 aromatic rings. The van der Waals surface area contributed by atoms with Gasteiger partial charge < -0.3 is 43.8 Å². The van der Waals surface area contributed by atoms with Gasteiger partial charge in [0.1, 0.15) is 11.5 Å². The van der Waals surface area contributed by atoms with Crippen molar-refractivity contribution in [3.63, 3.8) is 0 Å². The van der Waals surface area contributed by atoms with Crippen LogP contribution in [0.2, 0.25) is 0 Å². The minimum atomic E-state index is -0.759. The largest absolute Gasteiger partial charge is 0.503 e. The van der Waals surface area contributed by atoms with Gasteiger partial charge in [0.05, 0.1) is 19.6 Å². The predicted octanol–water partition coefficient (Wildman–Crippen LogP) is 1.73. The first-order valence-electron chi connectivity index (χ1n) is 17.6. The Morgan fingerprint density at radius 2 is 1.13 bits per heavy atom. The van der Waals surface area contributed by atoms with Crippen LogP contribution in [0, 0.1) is 0 Å². The van der Waals surface area contributed by atoms with Gasteiger partial charge in [-0.2, -0.15) is 0 Å². The number of aromatic hydroxyl groups is 3. The number of rotatable bonds is 19. The molecule has 1 aromatic carbocycles. The van der Waals surface area contributed by atoms with E-state index in [2.05, 4.69) is 4.90 Å². The Balaban J connectivity index is 0.000000345. The number of aliphatic hydroxyl groups excluding tert-OH is 1. The van der Waals surface area contributed by atoms with Gasteiger partial charge in [-0.3, -0.25) is 33.7 Å². The monoisotopic (exact) mass is 763 g/mol. The van der Waals surface area contributed by atoms with Gasteiger partial charge in [-0.25, -0.2) is 0 Å². The fourth-order valence-corrected chi connectivity index (χ4v) is 5.39. The number of likely N-dealkylation sites (N-methyl/N-ethyl adjacent to an activating group) is 1. The average Bonchev–Trinajstić information content (AvgIpc) is 3.14. The van der Waals surface area contributed by atoms with E-state index in [1.807, 2.05) is 11.9 Å². The summed E-state index contributed by atoms with van der Waals surface area (Å²) in [5.74, 6) is -1.42. The maximum atomic E-state index is 12.1. The first-order chi connectivity index (χ1) is 26.1. The average molecular weight is 764 g/mol. The Bertz CT molecular complexity index is 2040. The van der Waals surface area contributed by atoms with Crippen molar-refractivity contribution in [2.24, 2.45) is 0 Å². The Kier molecular flexibility index (Phi) is 16.8. The number of hydrogen-bond donors (Lipinski definition) is 4. The minimum Gasteiger partial charge on any atom is -0.503 e. The number of ketones is 3. The van der Waals surface area contributed by atoms with Crippen LogP contribution in [0.5, 0.6) is 23.0 Å². The minimum absolute atomic E-state index is 0.0342. The fourth-order valence-electron chi connectivity index (χ4n) is 5.39. The molecule has 16 heteroatoms. The summed E-state index contributed by atoms with van der Waals surface area (Å²) in [4.78, 5) is 75.2. The topological polar surface area (TPSA) is 214 Å². The van der Waals surface area contributed by atoms with E-state index in [1.54, 1.807) is 36.8 Å². The number of pyridine rings is 3. The molecule has 1 atom stereocenters. The number of aliphatic hydroxyl groups is 1. The molecule has 1 unspecified atom stereocenters. The third-order valence-corrected chi connectivity index (χ3v) is 8.51. The van der Waals surface area contributed by atoms with Crippen molar-refractivity contribution in [1.82, 2.24) is 23.5 Å². The van der Waals surface area contributed by atoms with Crippen molar-refractivity contribution in [3.8, 4) is 23.0 Å². The number of carbonyl (C=O) groups excluding carboxylic acids is 3. The second kappa shape index (κ2) is 21.2. The number of nitrogens with zero attached hydrogens (tertiary/aromatic N) is 5. The molecule has 3 aromatic heterocycles. The second-order valence-electron chi connectivity index (χ2n) is 13.0. The van der Waals surface area contributed by atoms with Crippen molar-refractivity contribution >= 4 is 17.3 Å². The second-order valence-corrected chi connectivity index (χ2v) is 13.0. The summed E-state index contributed by atoms with van der Waals surface area (Å²) in [5, 5.41) is 38.2. The first-order valence-corrected chi connectivity index (χ1v) is 17.6. The van der Waals surface area contributed by atoms with Crippen LogP contribution in [0.1, 0.15) is 47.4 Å². The van der Waals surface area contributed by atoms with Crippen molar-refractivity contribution < 1.29 is 39.5 Å². The number of benzene rings is 1. The van der Waals surface area contributed by atoms with E-state index in [-0.39, 0.29) is 58.6 Å². The highest BCUT2D eigenvalue weighted by molar-refractivity contribution is 6.09. The maximum absolute atomic E-state index is 12.1. The van der Waals surface area contributed by atoms with Gasteiger partial charge in [0.25, 0.3) is 16.7 Å². The predicted molar refractivity (Wildman–Crippen MR) is 204 cm³/mol. The molecule has 0 aliphatic carbocycles. The Hall–Kier alpha value is -5.84.